The van der Waals surface area contributed by atoms with Gasteiger partial charge in [-0.2, -0.15) is 0 Å². The van der Waals surface area contributed by atoms with Crippen LogP contribution < -0.4 is 0 Å². The Bertz CT molecular complexity index is 128. The van der Waals surface area contributed by atoms with Crippen molar-refractivity contribution in [3.63, 3.8) is 0 Å². The summed E-state index contributed by atoms with van der Waals surface area (Å²) in [5.41, 5.74) is 0. The molecule has 0 aromatic rings. The number of hydrogen-bond donors (Lipinski definition) is 0. The van der Waals surface area contributed by atoms with E-state index in [-0.39, 0.29) is 6.61 Å². The second-order valence-electron chi connectivity index (χ2n) is 3.18. The zero-order valence-electron chi connectivity index (χ0n) is 8.33. The number of rotatable bonds is 9. The van der Waals surface area contributed by atoms with Gasteiger partial charge in [0, 0.05) is 0 Å². The van der Waals surface area contributed by atoms with Gasteiger partial charge in [-0.3, -0.25) is 0 Å². The van der Waals surface area contributed by atoms with Crippen LogP contribution in [0.3, 0.4) is 0 Å². The number of hydrogen-bond acceptors (Lipinski definition) is 3. The molecule has 4 nitrogen and oxygen atoms in total. The number of unbranched alkanes of at least 4 members (excludes halogenated alkanes) is 6. The fraction of sp³-hybridized carbons (Fsp3) is 1.00. The SMILES string of the molecule is CCCCCCCCCO[N+](=O)[O-]. The molecule has 0 saturated heterocycles. The molecule has 0 radical (unpaired) electrons. The van der Waals surface area contributed by atoms with Crippen molar-refractivity contribution in [3.05, 3.63) is 10.1 Å². The Kier molecular flexibility index (Phi) is 8.72. The van der Waals surface area contributed by atoms with E-state index in [2.05, 4.69) is 11.8 Å². The molecule has 0 aliphatic carbocycles. The van der Waals surface area contributed by atoms with E-state index in [1.54, 1.807) is 0 Å². The van der Waals surface area contributed by atoms with Crippen LogP contribution in [0.25, 0.3) is 0 Å². The topological polar surface area (TPSA) is 52.4 Å². The summed E-state index contributed by atoms with van der Waals surface area (Å²) < 4.78 is 0. The van der Waals surface area contributed by atoms with Crippen molar-refractivity contribution in [2.45, 2.75) is 51.9 Å². The van der Waals surface area contributed by atoms with E-state index in [9.17, 15) is 10.1 Å². The van der Waals surface area contributed by atoms with Gasteiger partial charge in [-0.15, -0.1) is 10.1 Å². The van der Waals surface area contributed by atoms with Crippen LogP contribution >= 0.6 is 0 Å². The smallest absolute Gasteiger partial charge is 0.294 e. The van der Waals surface area contributed by atoms with Crippen molar-refractivity contribution in [1.29, 1.82) is 0 Å². The standard InChI is InChI=1S/C9H19NO3/c1-2-3-4-5-6-7-8-9-13-10(11)12/h2-9H2,1H3. The molecule has 0 N–H and O–H groups in total. The third-order valence-electron chi connectivity index (χ3n) is 1.94. The lowest BCUT2D eigenvalue weighted by Gasteiger charge is -1.99. The number of nitrogens with zero attached hydrogens (tertiary/aromatic N) is 1. The highest BCUT2D eigenvalue weighted by molar-refractivity contribution is 4.43. The van der Waals surface area contributed by atoms with E-state index >= 15 is 0 Å². The summed E-state index contributed by atoms with van der Waals surface area (Å²) in [6.45, 7) is 2.44. The van der Waals surface area contributed by atoms with Gasteiger partial charge < -0.3 is 4.84 Å². The quantitative estimate of drug-likeness (QED) is 0.318. The van der Waals surface area contributed by atoms with Gasteiger partial charge >= 0.3 is 0 Å². The van der Waals surface area contributed by atoms with Crippen LogP contribution in [-0.4, -0.2) is 11.7 Å². The van der Waals surface area contributed by atoms with Gasteiger partial charge in [0.1, 0.15) is 0 Å². The fourth-order valence-electron chi connectivity index (χ4n) is 1.20. The second-order valence-corrected chi connectivity index (χ2v) is 3.18. The predicted octanol–water partition coefficient (Wildman–Crippen LogP) is 2.95. The Balaban J connectivity index is 2.87. The van der Waals surface area contributed by atoms with Crippen LogP contribution in [0.15, 0.2) is 0 Å². The zero-order valence-corrected chi connectivity index (χ0v) is 8.33. The summed E-state index contributed by atoms with van der Waals surface area (Å²) in [6, 6.07) is 0. The minimum atomic E-state index is -0.725. The Morgan fingerprint density at radius 3 is 2.15 bits per heavy atom. The van der Waals surface area contributed by atoms with E-state index in [4.69, 9.17) is 0 Å². The lowest BCUT2D eigenvalue weighted by Crippen LogP contribution is -2.01. The normalized spacial score (nSPS) is 9.92. The minimum Gasteiger partial charge on any atom is -0.314 e. The molecule has 0 aliphatic heterocycles. The first-order valence-corrected chi connectivity index (χ1v) is 5.04. The van der Waals surface area contributed by atoms with Crippen molar-refractivity contribution in [2.75, 3.05) is 6.61 Å². The highest BCUT2D eigenvalue weighted by Gasteiger charge is 1.94. The van der Waals surface area contributed by atoms with Gasteiger partial charge in [-0.25, -0.2) is 0 Å². The molecule has 0 heterocycles. The molecule has 0 aromatic heterocycles. The molecule has 0 unspecified atom stereocenters. The lowest BCUT2D eigenvalue weighted by molar-refractivity contribution is -0.757. The Morgan fingerprint density at radius 2 is 1.62 bits per heavy atom. The van der Waals surface area contributed by atoms with Gasteiger partial charge in [0.2, 0.25) is 0 Å². The van der Waals surface area contributed by atoms with Crippen LogP contribution in [-0.2, 0) is 4.84 Å². The maximum atomic E-state index is 9.76. The predicted molar refractivity (Wildman–Crippen MR) is 50.9 cm³/mol. The molecule has 0 amide bonds. The van der Waals surface area contributed by atoms with Gasteiger partial charge in [-0.1, -0.05) is 45.4 Å². The second kappa shape index (κ2) is 9.29. The first-order valence-electron chi connectivity index (χ1n) is 5.04. The van der Waals surface area contributed by atoms with Crippen molar-refractivity contribution < 1.29 is 9.92 Å². The molecule has 13 heavy (non-hydrogen) atoms. The highest BCUT2D eigenvalue weighted by Crippen LogP contribution is 2.06. The Morgan fingerprint density at radius 1 is 1.08 bits per heavy atom. The maximum Gasteiger partial charge on any atom is 0.294 e. The molecule has 0 fully saturated rings. The molecule has 0 atom stereocenters. The van der Waals surface area contributed by atoms with Crippen LogP contribution in [0.2, 0.25) is 0 Å². The minimum absolute atomic E-state index is 0.251. The van der Waals surface area contributed by atoms with Gasteiger partial charge in [-0.05, 0) is 6.42 Å². The first-order chi connectivity index (χ1) is 6.27. The average Bonchev–Trinajstić information content (AvgIpc) is 2.09. The molecule has 0 bridgehead atoms. The molecule has 0 rings (SSSR count). The van der Waals surface area contributed by atoms with E-state index in [0.717, 1.165) is 12.8 Å². The summed E-state index contributed by atoms with van der Waals surface area (Å²) >= 11 is 0. The van der Waals surface area contributed by atoms with Crippen LogP contribution in [0, 0.1) is 10.1 Å². The lowest BCUT2D eigenvalue weighted by atomic mass is 10.1. The summed E-state index contributed by atoms with van der Waals surface area (Å²) in [7, 11) is 0. The van der Waals surface area contributed by atoms with Crippen LogP contribution in [0.1, 0.15) is 51.9 Å². The van der Waals surface area contributed by atoms with Gasteiger partial charge in [0.25, 0.3) is 5.09 Å². The maximum absolute atomic E-state index is 9.76. The van der Waals surface area contributed by atoms with Crippen molar-refractivity contribution in [2.24, 2.45) is 0 Å². The highest BCUT2D eigenvalue weighted by atomic mass is 16.9. The van der Waals surface area contributed by atoms with Crippen molar-refractivity contribution in [1.82, 2.24) is 0 Å². The van der Waals surface area contributed by atoms with Gasteiger partial charge in [0.15, 0.2) is 0 Å². The van der Waals surface area contributed by atoms with E-state index in [1.165, 1.54) is 32.1 Å². The van der Waals surface area contributed by atoms with Crippen LogP contribution in [0.5, 0.6) is 0 Å². The van der Waals surface area contributed by atoms with E-state index in [1.807, 2.05) is 0 Å². The fourth-order valence-corrected chi connectivity index (χ4v) is 1.20. The summed E-state index contributed by atoms with van der Waals surface area (Å²) in [5.74, 6) is 0. The molecule has 0 aromatic carbocycles. The molecule has 0 aliphatic rings. The van der Waals surface area contributed by atoms with Crippen LogP contribution in [0.4, 0.5) is 0 Å². The summed E-state index contributed by atoms with van der Waals surface area (Å²) in [6.07, 6.45) is 8.08. The third kappa shape index (κ3) is 11.2. The first kappa shape index (κ1) is 12.2. The molecular formula is C9H19NO3. The van der Waals surface area contributed by atoms with E-state index < -0.39 is 5.09 Å². The van der Waals surface area contributed by atoms with E-state index in [0.29, 0.717) is 0 Å². The molecule has 0 spiro atoms. The third-order valence-corrected chi connectivity index (χ3v) is 1.94. The largest absolute Gasteiger partial charge is 0.314 e. The molecule has 4 heteroatoms. The average molecular weight is 189 g/mol. The zero-order chi connectivity index (χ0) is 9.94. The molecule has 78 valence electrons. The molecular weight excluding hydrogens is 170 g/mol. The summed E-state index contributed by atoms with van der Waals surface area (Å²) in [4.78, 5) is 13.9. The monoisotopic (exact) mass is 189 g/mol. The Labute approximate surface area is 79.4 Å². The van der Waals surface area contributed by atoms with Gasteiger partial charge in [0.05, 0.1) is 6.61 Å². The Hall–Kier alpha value is -0.800. The summed E-state index contributed by atoms with van der Waals surface area (Å²) in [5, 5.41) is 9.03. The van der Waals surface area contributed by atoms with Crippen molar-refractivity contribution >= 4 is 0 Å². The van der Waals surface area contributed by atoms with Crippen molar-refractivity contribution in [3.8, 4) is 0 Å². The molecule has 0 saturated carbocycles.